The summed E-state index contributed by atoms with van der Waals surface area (Å²) in [7, 11) is 0. The van der Waals surface area contributed by atoms with E-state index < -0.39 is 30.2 Å². The molecule has 36 heavy (non-hydrogen) atoms. The van der Waals surface area contributed by atoms with Gasteiger partial charge in [0.05, 0.1) is 25.2 Å². The lowest BCUT2D eigenvalue weighted by Crippen LogP contribution is -2.35. The van der Waals surface area contributed by atoms with Crippen molar-refractivity contribution in [2.75, 3.05) is 19.8 Å². The van der Waals surface area contributed by atoms with Crippen molar-refractivity contribution in [2.24, 2.45) is 0 Å². The Morgan fingerprint density at radius 1 is 0.722 bits per heavy atom. The summed E-state index contributed by atoms with van der Waals surface area (Å²) in [4.78, 5) is 50.1. The van der Waals surface area contributed by atoms with Crippen LogP contribution in [0.25, 0.3) is 0 Å². The predicted octanol–water partition coefficient (Wildman–Crippen LogP) is 3.76. The molecule has 0 fully saturated rings. The largest absolute Gasteiger partial charge is 0.490 e. The Balaban J connectivity index is 1.67. The molecule has 2 amide bonds. The van der Waals surface area contributed by atoms with Gasteiger partial charge in [-0.3, -0.25) is 19.7 Å². The highest BCUT2D eigenvalue weighted by atomic mass is 16.5. The fraction of sp³-hybridized carbons (Fsp3) is 0.214. The molecular formula is C28H27NO7. The van der Waals surface area contributed by atoms with Gasteiger partial charge in [0.25, 0.3) is 5.91 Å². The molecule has 3 aromatic rings. The zero-order valence-corrected chi connectivity index (χ0v) is 20.1. The zero-order valence-electron chi connectivity index (χ0n) is 20.1. The summed E-state index contributed by atoms with van der Waals surface area (Å²) in [6, 6.07) is 19.9. The molecule has 0 aliphatic carbocycles. The second kappa shape index (κ2) is 12.9. The van der Waals surface area contributed by atoms with E-state index in [-0.39, 0.29) is 17.5 Å². The fourth-order valence-corrected chi connectivity index (χ4v) is 3.43. The van der Waals surface area contributed by atoms with Crippen LogP contribution in [-0.2, 0) is 20.7 Å². The van der Waals surface area contributed by atoms with Crippen molar-refractivity contribution < 1.29 is 33.4 Å². The summed E-state index contributed by atoms with van der Waals surface area (Å²) in [5.41, 5.74) is 1.15. The fourth-order valence-electron chi connectivity index (χ4n) is 3.43. The quantitative estimate of drug-likeness (QED) is 0.323. The minimum atomic E-state index is -0.861. The number of imide groups is 1. The molecule has 0 aliphatic rings. The van der Waals surface area contributed by atoms with Crippen LogP contribution in [0.4, 0.5) is 0 Å². The van der Waals surface area contributed by atoms with Crippen LogP contribution in [-0.4, -0.2) is 43.4 Å². The van der Waals surface area contributed by atoms with Crippen molar-refractivity contribution in [3.63, 3.8) is 0 Å². The summed E-state index contributed by atoms with van der Waals surface area (Å²) in [6.45, 7) is 3.82. The van der Waals surface area contributed by atoms with Crippen molar-refractivity contribution in [1.82, 2.24) is 5.32 Å². The Hall–Kier alpha value is -4.46. The van der Waals surface area contributed by atoms with Gasteiger partial charge in [0.1, 0.15) is 0 Å². The highest BCUT2D eigenvalue weighted by Crippen LogP contribution is 2.30. The summed E-state index contributed by atoms with van der Waals surface area (Å²) in [5, 5.41) is 2.18. The molecule has 8 nitrogen and oxygen atoms in total. The normalized spacial score (nSPS) is 10.3. The molecule has 0 aliphatic heterocycles. The van der Waals surface area contributed by atoms with Crippen molar-refractivity contribution in [3.8, 4) is 11.5 Å². The second-order valence-corrected chi connectivity index (χ2v) is 7.61. The Kier molecular flexibility index (Phi) is 9.33. The van der Waals surface area contributed by atoms with E-state index in [2.05, 4.69) is 5.32 Å². The van der Waals surface area contributed by atoms with Crippen LogP contribution in [0.2, 0.25) is 0 Å². The van der Waals surface area contributed by atoms with E-state index in [4.69, 9.17) is 14.2 Å². The maximum absolute atomic E-state index is 13.2. The number of hydrogen-bond acceptors (Lipinski definition) is 7. The average molecular weight is 490 g/mol. The van der Waals surface area contributed by atoms with Gasteiger partial charge in [-0.2, -0.15) is 0 Å². The molecule has 0 atom stereocenters. The lowest BCUT2D eigenvalue weighted by Gasteiger charge is -2.13. The standard InChI is InChI=1S/C28H27NO7/c1-3-34-23-15-14-20(17-24(23)35-4-2)27(32)21-12-8-9-13-22(21)28(33)36-18-26(31)29-25(30)16-19-10-6-5-7-11-19/h5-15,17H,3-4,16,18H2,1-2H3,(H,29,30,31). The second-order valence-electron chi connectivity index (χ2n) is 7.61. The van der Waals surface area contributed by atoms with Gasteiger partial charge in [-0.05, 0) is 43.7 Å². The number of rotatable bonds is 11. The Bertz CT molecular complexity index is 1240. The molecule has 0 saturated carbocycles. The number of amides is 2. The molecule has 0 radical (unpaired) electrons. The van der Waals surface area contributed by atoms with Gasteiger partial charge < -0.3 is 14.2 Å². The first-order valence-electron chi connectivity index (χ1n) is 11.5. The first-order chi connectivity index (χ1) is 17.4. The molecule has 3 rings (SSSR count). The number of benzene rings is 3. The molecule has 0 heterocycles. The summed E-state index contributed by atoms with van der Waals surface area (Å²) in [6.07, 6.45) is 0.0175. The van der Waals surface area contributed by atoms with Crippen molar-refractivity contribution in [3.05, 3.63) is 95.1 Å². The summed E-state index contributed by atoms with van der Waals surface area (Å²) >= 11 is 0. The van der Waals surface area contributed by atoms with Crippen LogP contribution in [0.5, 0.6) is 11.5 Å². The third-order valence-electron chi connectivity index (χ3n) is 5.02. The zero-order chi connectivity index (χ0) is 25.9. The van der Waals surface area contributed by atoms with Crippen LogP contribution < -0.4 is 14.8 Å². The van der Waals surface area contributed by atoms with Crippen molar-refractivity contribution >= 4 is 23.6 Å². The van der Waals surface area contributed by atoms with Gasteiger partial charge in [0.15, 0.2) is 23.9 Å². The maximum atomic E-state index is 13.2. The monoisotopic (exact) mass is 489 g/mol. The average Bonchev–Trinajstić information content (AvgIpc) is 2.88. The highest BCUT2D eigenvalue weighted by molar-refractivity contribution is 6.14. The van der Waals surface area contributed by atoms with Gasteiger partial charge >= 0.3 is 5.97 Å². The third kappa shape index (κ3) is 7.02. The van der Waals surface area contributed by atoms with Gasteiger partial charge in [-0.1, -0.05) is 48.5 Å². The summed E-state index contributed by atoms with van der Waals surface area (Å²) in [5.74, 6) is -1.63. The lowest BCUT2D eigenvalue weighted by atomic mass is 9.98. The van der Waals surface area contributed by atoms with Crippen LogP contribution in [0, 0.1) is 0 Å². The molecule has 8 heteroatoms. The number of nitrogens with one attached hydrogen (secondary N) is 1. The molecule has 0 bridgehead atoms. The van der Waals surface area contributed by atoms with Gasteiger partial charge in [0.2, 0.25) is 5.91 Å². The minimum absolute atomic E-state index is 0.00208. The number of ketones is 1. The van der Waals surface area contributed by atoms with E-state index in [1.165, 1.54) is 12.1 Å². The van der Waals surface area contributed by atoms with Crippen LogP contribution in [0.15, 0.2) is 72.8 Å². The van der Waals surface area contributed by atoms with Gasteiger partial charge in [0, 0.05) is 11.1 Å². The molecule has 0 aromatic heterocycles. The molecule has 0 spiro atoms. The number of esters is 1. The Morgan fingerprint density at radius 2 is 1.36 bits per heavy atom. The van der Waals surface area contributed by atoms with Crippen molar-refractivity contribution in [1.29, 1.82) is 0 Å². The topological polar surface area (TPSA) is 108 Å². The molecular weight excluding hydrogens is 462 g/mol. The minimum Gasteiger partial charge on any atom is -0.490 e. The Labute approximate surface area is 209 Å². The number of hydrogen-bond donors (Lipinski definition) is 1. The molecule has 0 saturated heterocycles. The first kappa shape index (κ1) is 26.2. The summed E-state index contributed by atoms with van der Waals surface area (Å²) < 4.78 is 16.2. The highest BCUT2D eigenvalue weighted by Gasteiger charge is 2.21. The van der Waals surface area contributed by atoms with Crippen LogP contribution >= 0.6 is 0 Å². The van der Waals surface area contributed by atoms with E-state index in [9.17, 15) is 19.2 Å². The van der Waals surface area contributed by atoms with Crippen LogP contribution in [0.3, 0.4) is 0 Å². The SMILES string of the molecule is CCOc1ccc(C(=O)c2ccccc2C(=O)OCC(=O)NC(=O)Cc2ccccc2)cc1OCC. The number of carbonyl (C=O) groups is 4. The van der Waals surface area contributed by atoms with Crippen LogP contribution in [0.1, 0.15) is 45.7 Å². The molecule has 186 valence electrons. The van der Waals surface area contributed by atoms with E-state index in [1.807, 2.05) is 19.9 Å². The Morgan fingerprint density at radius 3 is 2.06 bits per heavy atom. The lowest BCUT2D eigenvalue weighted by molar-refractivity contribution is -0.132. The van der Waals surface area contributed by atoms with E-state index in [0.29, 0.717) is 30.3 Å². The number of carbonyl (C=O) groups excluding carboxylic acids is 4. The molecule has 1 N–H and O–H groups in total. The maximum Gasteiger partial charge on any atom is 0.339 e. The third-order valence-corrected chi connectivity index (χ3v) is 5.02. The van der Waals surface area contributed by atoms with Crippen molar-refractivity contribution in [2.45, 2.75) is 20.3 Å². The molecule has 3 aromatic carbocycles. The first-order valence-corrected chi connectivity index (χ1v) is 11.5. The van der Waals surface area contributed by atoms with Gasteiger partial charge in [-0.25, -0.2) is 4.79 Å². The number of ether oxygens (including phenoxy) is 3. The van der Waals surface area contributed by atoms with E-state index >= 15 is 0 Å². The van der Waals surface area contributed by atoms with Gasteiger partial charge in [-0.15, -0.1) is 0 Å². The van der Waals surface area contributed by atoms with E-state index in [1.54, 1.807) is 54.6 Å². The predicted molar refractivity (Wildman–Crippen MR) is 132 cm³/mol. The van der Waals surface area contributed by atoms with E-state index in [0.717, 1.165) is 5.56 Å². The smallest absolute Gasteiger partial charge is 0.339 e. The molecule has 0 unspecified atom stereocenters.